The highest BCUT2D eigenvalue weighted by Gasteiger charge is 2.37. The number of aliphatic hydroxyl groups is 1. The van der Waals surface area contributed by atoms with Gasteiger partial charge in [0.25, 0.3) is 0 Å². The fourth-order valence-corrected chi connectivity index (χ4v) is 3.47. The second kappa shape index (κ2) is 11.2. The number of hydrogen-bond acceptors (Lipinski definition) is 3. The highest BCUT2D eigenvalue weighted by Crippen LogP contribution is 2.31. The van der Waals surface area contributed by atoms with Crippen LogP contribution < -0.4 is 0 Å². The molecule has 2 N–H and O–H groups in total. The summed E-state index contributed by atoms with van der Waals surface area (Å²) >= 11 is 0. The van der Waals surface area contributed by atoms with Crippen LogP contribution in [0.25, 0.3) is 0 Å². The molecule has 0 spiro atoms. The van der Waals surface area contributed by atoms with Gasteiger partial charge < -0.3 is 10.3 Å². The summed E-state index contributed by atoms with van der Waals surface area (Å²) in [4.78, 5) is 0. The zero-order chi connectivity index (χ0) is 17.8. The molecule has 1 rings (SSSR count). The maximum absolute atomic E-state index is 11.2. The molecule has 3 nitrogen and oxygen atoms in total. The van der Waals surface area contributed by atoms with E-state index >= 15 is 0 Å². The second-order valence-corrected chi connectivity index (χ2v) is 7.00. The Labute approximate surface area is 147 Å². The van der Waals surface area contributed by atoms with Gasteiger partial charge in [-0.25, -0.2) is 0 Å². The van der Waals surface area contributed by atoms with Gasteiger partial charge in [0, 0.05) is 5.56 Å². The third kappa shape index (κ3) is 6.27. The maximum Gasteiger partial charge on any atom is 0.118 e. The highest BCUT2D eigenvalue weighted by molar-refractivity contribution is 6.06. The Bertz CT molecular complexity index is 468. The molecule has 136 valence electrons. The van der Waals surface area contributed by atoms with Gasteiger partial charge in [0.05, 0.1) is 0 Å². The molecule has 0 fully saturated rings. The number of benzene rings is 1. The van der Waals surface area contributed by atoms with E-state index in [0.29, 0.717) is 5.71 Å². The first-order valence-corrected chi connectivity index (χ1v) is 9.58. The van der Waals surface area contributed by atoms with Crippen LogP contribution in [0.15, 0.2) is 35.5 Å². The van der Waals surface area contributed by atoms with Crippen LogP contribution in [-0.2, 0) is 0 Å². The van der Waals surface area contributed by atoms with Gasteiger partial charge in [0.15, 0.2) is 0 Å². The van der Waals surface area contributed by atoms with Crippen molar-refractivity contribution in [2.24, 2.45) is 11.1 Å². The summed E-state index contributed by atoms with van der Waals surface area (Å²) in [5.74, 6) is 0.111. The minimum absolute atomic E-state index is 0.111. The standard InChI is InChI=1S/C21H35NO2/c1-4-6-7-8-9-13-17-19(14-5-2)21(3,23)20(22-24)18-15-11-10-12-16-18/h10-12,15-16,19,23-24H,4-9,13-14,17H2,1-3H3. The van der Waals surface area contributed by atoms with Crippen molar-refractivity contribution in [3.63, 3.8) is 0 Å². The molecule has 3 heteroatoms. The molecule has 1 aromatic carbocycles. The zero-order valence-corrected chi connectivity index (χ0v) is 15.7. The van der Waals surface area contributed by atoms with E-state index in [9.17, 15) is 10.3 Å². The van der Waals surface area contributed by atoms with Crippen LogP contribution >= 0.6 is 0 Å². The molecule has 0 heterocycles. The summed E-state index contributed by atoms with van der Waals surface area (Å²) in [6.45, 7) is 6.17. The van der Waals surface area contributed by atoms with Gasteiger partial charge in [-0.1, -0.05) is 94.3 Å². The summed E-state index contributed by atoms with van der Waals surface area (Å²) in [7, 11) is 0. The molecule has 0 radical (unpaired) electrons. The zero-order valence-electron chi connectivity index (χ0n) is 15.7. The van der Waals surface area contributed by atoms with Crippen molar-refractivity contribution in [1.29, 1.82) is 0 Å². The van der Waals surface area contributed by atoms with E-state index in [1.54, 1.807) is 6.92 Å². The van der Waals surface area contributed by atoms with E-state index < -0.39 is 5.60 Å². The van der Waals surface area contributed by atoms with Gasteiger partial charge in [-0.2, -0.15) is 0 Å². The van der Waals surface area contributed by atoms with Crippen molar-refractivity contribution < 1.29 is 10.3 Å². The van der Waals surface area contributed by atoms with E-state index in [1.807, 2.05) is 30.3 Å². The van der Waals surface area contributed by atoms with Crippen molar-refractivity contribution in [3.8, 4) is 0 Å². The van der Waals surface area contributed by atoms with E-state index in [2.05, 4.69) is 19.0 Å². The smallest absolute Gasteiger partial charge is 0.118 e. The minimum Gasteiger partial charge on any atom is -0.411 e. The Hall–Kier alpha value is -1.35. The average molecular weight is 334 g/mol. The monoisotopic (exact) mass is 333 g/mol. The molecule has 2 atom stereocenters. The van der Waals surface area contributed by atoms with Crippen LogP contribution in [0.1, 0.15) is 84.1 Å². The molecule has 1 aromatic rings. The number of nitrogens with zero attached hydrogens (tertiary/aromatic N) is 1. The highest BCUT2D eigenvalue weighted by atomic mass is 16.4. The van der Waals surface area contributed by atoms with E-state index in [0.717, 1.165) is 31.2 Å². The molecule has 0 aromatic heterocycles. The number of unbranched alkanes of at least 4 members (excludes halogenated alkanes) is 5. The van der Waals surface area contributed by atoms with Crippen LogP contribution in [0.3, 0.4) is 0 Å². The Morgan fingerprint density at radius 1 is 0.958 bits per heavy atom. The predicted octanol–water partition coefficient (Wildman–Crippen LogP) is 5.78. The number of hydrogen-bond donors (Lipinski definition) is 2. The lowest BCUT2D eigenvalue weighted by atomic mass is 9.77. The van der Waals surface area contributed by atoms with Gasteiger partial charge in [-0.3, -0.25) is 0 Å². The van der Waals surface area contributed by atoms with Crippen LogP contribution in [0.5, 0.6) is 0 Å². The van der Waals surface area contributed by atoms with Crippen molar-refractivity contribution in [3.05, 3.63) is 35.9 Å². The molecule has 2 unspecified atom stereocenters. The van der Waals surface area contributed by atoms with Crippen molar-refractivity contribution >= 4 is 5.71 Å². The van der Waals surface area contributed by atoms with Crippen molar-refractivity contribution in [2.45, 2.75) is 84.2 Å². The first-order valence-electron chi connectivity index (χ1n) is 9.58. The summed E-state index contributed by atoms with van der Waals surface area (Å²) in [5, 5.41) is 24.2. The third-order valence-corrected chi connectivity index (χ3v) is 4.96. The van der Waals surface area contributed by atoms with E-state index in [-0.39, 0.29) is 5.92 Å². The Morgan fingerprint density at radius 3 is 2.17 bits per heavy atom. The lowest BCUT2D eigenvalue weighted by molar-refractivity contribution is 0.0523. The Kier molecular flexibility index (Phi) is 9.70. The normalized spacial score (nSPS) is 15.9. The second-order valence-electron chi connectivity index (χ2n) is 7.00. The molecule has 0 saturated carbocycles. The summed E-state index contributed by atoms with van der Waals surface area (Å²) in [6, 6.07) is 9.50. The fraction of sp³-hybridized carbons (Fsp3) is 0.667. The fourth-order valence-electron chi connectivity index (χ4n) is 3.47. The van der Waals surface area contributed by atoms with Crippen molar-refractivity contribution in [1.82, 2.24) is 0 Å². The maximum atomic E-state index is 11.2. The topological polar surface area (TPSA) is 52.8 Å². The van der Waals surface area contributed by atoms with Gasteiger partial charge in [-0.05, 0) is 25.7 Å². The van der Waals surface area contributed by atoms with Gasteiger partial charge in [-0.15, -0.1) is 0 Å². The van der Waals surface area contributed by atoms with E-state index in [1.165, 1.54) is 32.1 Å². The molecule has 24 heavy (non-hydrogen) atoms. The lowest BCUT2D eigenvalue weighted by Crippen LogP contribution is -2.43. The van der Waals surface area contributed by atoms with Gasteiger partial charge in [0.2, 0.25) is 0 Å². The number of rotatable bonds is 12. The quantitative estimate of drug-likeness (QED) is 0.220. The first-order chi connectivity index (χ1) is 11.6. The molecule has 0 amide bonds. The molecule has 0 aliphatic carbocycles. The summed E-state index contributed by atoms with van der Waals surface area (Å²) < 4.78 is 0. The van der Waals surface area contributed by atoms with Crippen LogP contribution in [0.2, 0.25) is 0 Å². The van der Waals surface area contributed by atoms with E-state index in [4.69, 9.17) is 0 Å². The molecular formula is C21H35NO2. The molecule has 0 saturated heterocycles. The largest absolute Gasteiger partial charge is 0.411 e. The summed E-state index contributed by atoms with van der Waals surface area (Å²) in [5.41, 5.74) is 0.0526. The minimum atomic E-state index is -1.12. The molecular weight excluding hydrogens is 298 g/mol. The Balaban J connectivity index is 2.73. The lowest BCUT2D eigenvalue weighted by Gasteiger charge is -2.33. The third-order valence-electron chi connectivity index (χ3n) is 4.96. The molecule has 0 aliphatic heterocycles. The first kappa shape index (κ1) is 20.7. The average Bonchev–Trinajstić information content (AvgIpc) is 2.58. The summed E-state index contributed by atoms with van der Waals surface area (Å²) in [6.07, 6.45) is 10.4. The SMILES string of the molecule is CCCCCCCCC(CCC)C(C)(O)C(=NO)c1ccccc1. The van der Waals surface area contributed by atoms with Crippen LogP contribution in [0.4, 0.5) is 0 Å². The number of oxime groups is 1. The predicted molar refractivity (Wildman–Crippen MR) is 102 cm³/mol. The van der Waals surface area contributed by atoms with Crippen LogP contribution in [0, 0.1) is 5.92 Å². The van der Waals surface area contributed by atoms with Gasteiger partial charge >= 0.3 is 0 Å². The molecule has 0 aliphatic rings. The van der Waals surface area contributed by atoms with Crippen LogP contribution in [-0.4, -0.2) is 21.6 Å². The molecule has 0 bridgehead atoms. The van der Waals surface area contributed by atoms with Crippen molar-refractivity contribution in [2.75, 3.05) is 0 Å². The van der Waals surface area contributed by atoms with Gasteiger partial charge in [0.1, 0.15) is 11.3 Å². The Morgan fingerprint density at radius 2 is 1.58 bits per heavy atom.